The van der Waals surface area contributed by atoms with Crippen LogP contribution in [0.15, 0.2) is 18.2 Å². The van der Waals surface area contributed by atoms with Crippen molar-refractivity contribution in [2.24, 2.45) is 0 Å². The summed E-state index contributed by atoms with van der Waals surface area (Å²) >= 11 is 0. The van der Waals surface area contributed by atoms with Crippen molar-refractivity contribution < 1.29 is 28.8 Å². The fourth-order valence-corrected chi connectivity index (χ4v) is 1.19. The lowest BCUT2D eigenvalue weighted by molar-refractivity contribution is -0.393. The molecule has 0 amide bonds. The van der Waals surface area contributed by atoms with Gasteiger partial charge in [0.05, 0.1) is 23.7 Å². The average Bonchev–Trinajstić information content (AvgIpc) is 2.24. The Morgan fingerprint density at radius 2 is 1.78 bits per heavy atom. The standard InChI is InChI=1S/C6H6N3O8P/c10-8(11)4-1-2-5(6(3-4)9(12)13)7-17-18(14,15)16/h1-3,7H,(H2,14,15,16)/p-2. The highest BCUT2D eigenvalue weighted by molar-refractivity contribution is 7.43. The molecular weight excluding hydrogens is 273 g/mol. The summed E-state index contributed by atoms with van der Waals surface area (Å²) in [4.78, 5) is 39.4. The summed E-state index contributed by atoms with van der Waals surface area (Å²) in [5.74, 6) is 0. The summed E-state index contributed by atoms with van der Waals surface area (Å²) in [6, 6.07) is 2.30. The summed E-state index contributed by atoms with van der Waals surface area (Å²) < 4.78 is 13.8. The molecule has 1 N–H and O–H groups in total. The number of nitrogens with zero attached hydrogens (tertiary/aromatic N) is 2. The Morgan fingerprint density at radius 1 is 1.17 bits per heavy atom. The molecule has 0 aliphatic heterocycles. The SMILES string of the molecule is O=[N+]([O-])c1ccc(NOP(=O)([O-])[O-])c([N+](=O)[O-])c1. The third-order valence-electron chi connectivity index (χ3n) is 1.66. The highest BCUT2D eigenvalue weighted by atomic mass is 31.2. The maximum Gasteiger partial charge on any atom is 0.301 e. The number of benzene rings is 1. The monoisotopic (exact) mass is 277 g/mol. The molecule has 0 saturated heterocycles. The van der Waals surface area contributed by atoms with Crippen molar-refractivity contribution in [1.29, 1.82) is 0 Å². The average molecular weight is 277 g/mol. The molecule has 0 radical (unpaired) electrons. The van der Waals surface area contributed by atoms with Crippen LogP contribution in [-0.4, -0.2) is 9.85 Å². The quantitative estimate of drug-likeness (QED) is 0.429. The largest absolute Gasteiger partial charge is 0.788 e. The number of hydrogen-bond acceptors (Lipinski definition) is 9. The zero-order chi connectivity index (χ0) is 13.9. The van der Waals surface area contributed by atoms with Crippen LogP contribution >= 0.6 is 7.82 Å². The second kappa shape index (κ2) is 5.06. The summed E-state index contributed by atoms with van der Waals surface area (Å²) in [6.07, 6.45) is 0. The van der Waals surface area contributed by atoms with Gasteiger partial charge in [-0.2, -0.15) is 0 Å². The van der Waals surface area contributed by atoms with Gasteiger partial charge in [-0.1, -0.05) is 0 Å². The van der Waals surface area contributed by atoms with E-state index in [1.807, 2.05) is 0 Å². The zero-order valence-electron chi connectivity index (χ0n) is 8.34. The van der Waals surface area contributed by atoms with Gasteiger partial charge in [0.25, 0.3) is 5.69 Å². The fraction of sp³-hybridized carbons (Fsp3) is 0. The van der Waals surface area contributed by atoms with Crippen molar-refractivity contribution in [1.82, 2.24) is 0 Å². The number of phosphoric acid groups is 1. The molecular formula is C6H4N3O8P-2. The first-order valence-electron chi connectivity index (χ1n) is 4.10. The Morgan fingerprint density at radius 3 is 2.22 bits per heavy atom. The van der Waals surface area contributed by atoms with Crippen molar-refractivity contribution in [2.45, 2.75) is 0 Å². The minimum absolute atomic E-state index is 0.502. The highest BCUT2D eigenvalue weighted by Gasteiger charge is 2.19. The molecule has 1 aromatic carbocycles. The molecule has 0 aromatic heterocycles. The molecule has 0 aliphatic rings. The number of rotatable bonds is 5. The third-order valence-corrected chi connectivity index (χ3v) is 1.97. The lowest BCUT2D eigenvalue weighted by Crippen LogP contribution is -2.19. The predicted molar refractivity (Wildman–Crippen MR) is 52.1 cm³/mol. The normalized spacial score (nSPS) is 11.0. The van der Waals surface area contributed by atoms with Gasteiger partial charge in [0.2, 0.25) is 0 Å². The lowest BCUT2D eigenvalue weighted by Gasteiger charge is -2.27. The van der Waals surface area contributed by atoms with Crippen LogP contribution < -0.4 is 15.3 Å². The first kappa shape index (κ1) is 14.0. The van der Waals surface area contributed by atoms with E-state index < -0.39 is 34.7 Å². The molecule has 1 aromatic rings. The molecule has 0 atom stereocenters. The Hall–Kier alpha value is -2.07. The number of hydrogen-bond donors (Lipinski definition) is 1. The van der Waals surface area contributed by atoms with E-state index in [9.17, 15) is 34.6 Å². The lowest BCUT2D eigenvalue weighted by atomic mass is 10.2. The van der Waals surface area contributed by atoms with Crippen LogP contribution in [0, 0.1) is 20.2 Å². The molecule has 18 heavy (non-hydrogen) atoms. The minimum atomic E-state index is -5.38. The van der Waals surface area contributed by atoms with E-state index >= 15 is 0 Å². The van der Waals surface area contributed by atoms with E-state index in [0.717, 1.165) is 12.1 Å². The van der Waals surface area contributed by atoms with E-state index in [-0.39, 0.29) is 0 Å². The molecule has 12 heteroatoms. The Bertz CT molecular complexity index is 540. The second-order valence-corrected chi connectivity index (χ2v) is 3.93. The Labute approximate surface area is 98.5 Å². The molecule has 1 rings (SSSR count). The van der Waals surface area contributed by atoms with Crippen LogP contribution in [0.25, 0.3) is 0 Å². The molecule has 0 heterocycles. The van der Waals surface area contributed by atoms with Crippen molar-refractivity contribution in [3.63, 3.8) is 0 Å². The van der Waals surface area contributed by atoms with Crippen LogP contribution in [0.2, 0.25) is 0 Å². The van der Waals surface area contributed by atoms with Gasteiger partial charge in [0.1, 0.15) is 5.69 Å². The number of nitro groups is 2. The van der Waals surface area contributed by atoms with Crippen LogP contribution in [0.1, 0.15) is 0 Å². The molecule has 0 unspecified atom stereocenters. The van der Waals surface area contributed by atoms with Gasteiger partial charge in [-0.3, -0.25) is 25.7 Å². The first-order chi connectivity index (χ1) is 8.20. The van der Waals surface area contributed by atoms with Gasteiger partial charge in [-0.05, 0) is 6.07 Å². The third kappa shape index (κ3) is 3.75. The highest BCUT2D eigenvalue weighted by Crippen LogP contribution is 2.32. The summed E-state index contributed by atoms with van der Waals surface area (Å²) in [5, 5.41) is 21.0. The van der Waals surface area contributed by atoms with Crippen molar-refractivity contribution in [3.05, 3.63) is 38.4 Å². The Kier molecular flexibility index (Phi) is 3.93. The predicted octanol–water partition coefficient (Wildman–Crippen LogP) is -0.325. The summed E-state index contributed by atoms with van der Waals surface area (Å²) in [5.41, 5.74) is -0.331. The van der Waals surface area contributed by atoms with Gasteiger partial charge in [0.15, 0.2) is 0 Å². The summed E-state index contributed by atoms with van der Waals surface area (Å²) in [6.45, 7) is 0. The van der Waals surface area contributed by atoms with E-state index in [4.69, 9.17) is 0 Å². The van der Waals surface area contributed by atoms with Crippen molar-refractivity contribution in [2.75, 3.05) is 5.48 Å². The van der Waals surface area contributed by atoms with E-state index in [1.54, 1.807) is 5.48 Å². The maximum atomic E-state index is 10.6. The van der Waals surface area contributed by atoms with Gasteiger partial charge in [-0.25, -0.2) is 4.62 Å². The van der Waals surface area contributed by atoms with E-state index in [0.29, 0.717) is 6.07 Å². The van der Waals surface area contributed by atoms with Gasteiger partial charge in [-0.15, -0.1) is 0 Å². The van der Waals surface area contributed by atoms with Crippen LogP contribution in [0.5, 0.6) is 0 Å². The van der Waals surface area contributed by atoms with Crippen molar-refractivity contribution >= 4 is 24.9 Å². The minimum Gasteiger partial charge on any atom is -0.788 e. The van der Waals surface area contributed by atoms with E-state index in [1.165, 1.54) is 0 Å². The molecule has 0 saturated carbocycles. The molecule has 98 valence electrons. The Balaban J connectivity index is 3.08. The topological polar surface area (TPSA) is 171 Å². The van der Waals surface area contributed by atoms with Gasteiger partial charge in [0, 0.05) is 6.07 Å². The molecule has 11 nitrogen and oxygen atoms in total. The molecule has 0 fully saturated rings. The van der Waals surface area contributed by atoms with Gasteiger partial charge >= 0.3 is 5.69 Å². The number of nitrogens with one attached hydrogen (secondary N) is 1. The first-order valence-corrected chi connectivity index (χ1v) is 5.56. The molecule has 0 spiro atoms. The van der Waals surface area contributed by atoms with Crippen LogP contribution in [0.3, 0.4) is 0 Å². The molecule has 0 aliphatic carbocycles. The number of anilines is 1. The zero-order valence-corrected chi connectivity index (χ0v) is 9.23. The van der Waals surface area contributed by atoms with Crippen molar-refractivity contribution in [3.8, 4) is 0 Å². The molecule has 0 bridgehead atoms. The summed E-state index contributed by atoms with van der Waals surface area (Å²) in [7, 11) is -5.38. The van der Waals surface area contributed by atoms with Crippen LogP contribution in [-0.2, 0) is 9.19 Å². The second-order valence-electron chi connectivity index (χ2n) is 2.86. The number of nitro benzene ring substituents is 2. The number of non-ortho nitro benzene ring substituents is 1. The van der Waals surface area contributed by atoms with Crippen LogP contribution in [0.4, 0.5) is 17.1 Å². The maximum absolute atomic E-state index is 10.6. The van der Waals surface area contributed by atoms with E-state index in [2.05, 4.69) is 4.62 Å². The smallest absolute Gasteiger partial charge is 0.301 e. The fourth-order valence-electron chi connectivity index (χ4n) is 0.976. The van der Waals surface area contributed by atoms with Gasteiger partial charge < -0.3 is 14.4 Å².